The van der Waals surface area contributed by atoms with E-state index in [1.807, 2.05) is 6.07 Å². The molecule has 0 N–H and O–H groups in total. The second-order valence-corrected chi connectivity index (χ2v) is 6.87. The van der Waals surface area contributed by atoms with Gasteiger partial charge in [0.05, 0.1) is 0 Å². The summed E-state index contributed by atoms with van der Waals surface area (Å²) in [5.41, 5.74) is 0.983. The van der Waals surface area contributed by atoms with Gasteiger partial charge in [-0.2, -0.15) is 0 Å². The highest BCUT2D eigenvalue weighted by Crippen LogP contribution is 2.17. The third kappa shape index (κ3) is 4.20. The van der Waals surface area contributed by atoms with Gasteiger partial charge in [-0.05, 0) is 30.5 Å². The van der Waals surface area contributed by atoms with Crippen LogP contribution >= 0.6 is 0 Å². The lowest BCUT2D eigenvalue weighted by Crippen LogP contribution is -2.42. The summed E-state index contributed by atoms with van der Waals surface area (Å²) in [6, 6.07) is 7.36. The third-order valence-electron chi connectivity index (χ3n) is 2.77. The molecule has 0 unspecified atom stereocenters. The Morgan fingerprint density at radius 1 is 1.12 bits per heavy atom. The molecule has 0 aliphatic rings. The molecule has 0 fully saturated rings. The summed E-state index contributed by atoms with van der Waals surface area (Å²) >= 11 is 0. The summed E-state index contributed by atoms with van der Waals surface area (Å²) in [6.07, 6.45) is 1.65. The van der Waals surface area contributed by atoms with Gasteiger partial charge in [-0.25, -0.2) is 4.39 Å². The first-order valence-electron chi connectivity index (χ1n) is 5.55. The van der Waals surface area contributed by atoms with Crippen molar-refractivity contribution in [3.63, 3.8) is 0 Å². The Hall–Kier alpha value is -0.753. The van der Waals surface area contributed by atoms with Crippen LogP contribution in [0, 0.1) is 5.82 Å². The lowest BCUT2D eigenvalue weighted by molar-refractivity contribution is 0.123. The van der Waals surface area contributed by atoms with Crippen molar-refractivity contribution >= 4 is 8.80 Å². The summed E-state index contributed by atoms with van der Waals surface area (Å²) in [6.45, 7) is 0. The third-order valence-corrected chi connectivity index (χ3v) is 5.60. The summed E-state index contributed by atoms with van der Waals surface area (Å²) < 4.78 is 28.9. The normalized spacial score (nSPS) is 11.8. The van der Waals surface area contributed by atoms with Crippen molar-refractivity contribution in [2.24, 2.45) is 0 Å². The molecule has 0 amide bonds. The number of benzene rings is 1. The van der Waals surface area contributed by atoms with E-state index in [1.165, 1.54) is 6.07 Å². The van der Waals surface area contributed by atoms with Gasteiger partial charge >= 0.3 is 8.80 Å². The van der Waals surface area contributed by atoms with Crippen molar-refractivity contribution in [1.82, 2.24) is 0 Å². The second kappa shape index (κ2) is 6.86. The number of aryl methyl sites for hydroxylation is 1. The number of rotatable bonds is 7. The van der Waals surface area contributed by atoms with Gasteiger partial charge < -0.3 is 13.3 Å². The Balaban J connectivity index is 2.46. The average molecular weight is 258 g/mol. The quantitative estimate of drug-likeness (QED) is 0.704. The van der Waals surface area contributed by atoms with E-state index in [9.17, 15) is 4.39 Å². The van der Waals surface area contributed by atoms with Crippen molar-refractivity contribution in [3.05, 3.63) is 35.6 Å². The van der Waals surface area contributed by atoms with Crippen molar-refractivity contribution in [3.8, 4) is 0 Å². The van der Waals surface area contributed by atoms with E-state index in [2.05, 4.69) is 0 Å². The van der Waals surface area contributed by atoms with Gasteiger partial charge in [0, 0.05) is 27.4 Å². The van der Waals surface area contributed by atoms with Crippen LogP contribution in [0.4, 0.5) is 4.39 Å². The molecule has 1 rings (SSSR count). The first-order valence-corrected chi connectivity index (χ1v) is 7.49. The standard InChI is InChI=1S/C12H19FO3Si/c1-14-17(15-2,16-3)9-5-7-11-6-4-8-12(13)10-11/h4,6,8,10H,5,7,9H2,1-3H3. The van der Waals surface area contributed by atoms with E-state index in [-0.39, 0.29) is 5.82 Å². The van der Waals surface area contributed by atoms with E-state index in [4.69, 9.17) is 13.3 Å². The molecule has 0 radical (unpaired) electrons. The van der Waals surface area contributed by atoms with Crippen LogP contribution in [0.15, 0.2) is 24.3 Å². The van der Waals surface area contributed by atoms with E-state index < -0.39 is 8.80 Å². The van der Waals surface area contributed by atoms with Gasteiger partial charge in [0.25, 0.3) is 0 Å². The highest BCUT2D eigenvalue weighted by molar-refractivity contribution is 6.60. The van der Waals surface area contributed by atoms with E-state index >= 15 is 0 Å². The SMILES string of the molecule is CO[Si](CCCc1cccc(F)c1)(OC)OC. The Morgan fingerprint density at radius 3 is 2.29 bits per heavy atom. The van der Waals surface area contributed by atoms with Gasteiger partial charge in [-0.3, -0.25) is 0 Å². The van der Waals surface area contributed by atoms with E-state index in [0.717, 1.165) is 24.4 Å². The molecule has 5 heteroatoms. The van der Waals surface area contributed by atoms with Gasteiger partial charge in [-0.1, -0.05) is 12.1 Å². The Labute approximate surface area is 103 Å². The van der Waals surface area contributed by atoms with Crippen molar-refractivity contribution in [1.29, 1.82) is 0 Å². The molecule has 1 aromatic carbocycles. The zero-order valence-corrected chi connectivity index (χ0v) is 11.5. The minimum absolute atomic E-state index is 0.198. The largest absolute Gasteiger partial charge is 0.500 e. The van der Waals surface area contributed by atoms with E-state index in [0.29, 0.717) is 0 Å². The molecule has 0 bridgehead atoms. The molecule has 17 heavy (non-hydrogen) atoms. The van der Waals surface area contributed by atoms with Crippen LogP contribution in [0.2, 0.25) is 6.04 Å². The summed E-state index contributed by atoms with van der Waals surface area (Å²) in [7, 11) is 2.32. The van der Waals surface area contributed by atoms with Gasteiger partial charge in [0.2, 0.25) is 0 Å². The van der Waals surface area contributed by atoms with Crippen LogP contribution in [-0.4, -0.2) is 30.1 Å². The Kier molecular flexibility index (Phi) is 5.77. The van der Waals surface area contributed by atoms with Crippen LogP contribution < -0.4 is 0 Å². The molecule has 0 saturated heterocycles. The fourth-order valence-corrected chi connectivity index (χ4v) is 3.48. The number of halogens is 1. The molecular formula is C12H19FO3Si. The van der Waals surface area contributed by atoms with Crippen LogP contribution in [0.25, 0.3) is 0 Å². The van der Waals surface area contributed by atoms with Gasteiger partial charge in [0.1, 0.15) is 5.82 Å². The maximum atomic E-state index is 13.0. The molecule has 0 saturated carbocycles. The molecule has 0 aliphatic heterocycles. The smallest absolute Gasteiger partial charge is 0.377 e. The lowest BCUT2D eigenvalue weighted by atomic mass is 10.1. The zero-order chi connectivity index (χ0) is 12.7. The molecule has 1 aromatic rings. The fraction of sp³-hybridized carbons (Fsp3) is 0.500. The van der Waals surface area contributed by atoms with E-state index in [1.54, 1.807) is 33.5 Å². The van der Waals surface area contributed by atoms with Crippen molar-refractivity contribution in [2.75, 3.05) is 21.3 Å². The van der Waals surface area contributed by atoms with Crippen molar-refractivity contribution < 1.29 is 17.7 Å². The van der Waals surface area contributed by atoms with Crippen LogP contribution in [0.5, 0.6) is 0 Å². The van der Waals surface area contributed by atoms with Crippen LogP contribution in [-0.2, 0) is 19.7 Å². The minimum atomic E-state index is -2.48. The molecular weight excluding hydrogens is 239 g/mol. The highest BCUT2D eigenvalue weighted by atomic mass is 28.4. The lowest BCUT2D eigenvalue weighted by Gasteiger charge is -2.24. The Bertz CT molecular complexity index is 334. The molecule has 0 atom stereocenters. The molecule has 0 aliphatic carbocycles. The summed E-state index contributed by atoms with van der Waals surface area (Å²) in [5.74, 6) is -0.198. The fourth-order valence-electron chi connectivity index (χ4n) is 1.76. The molecule has 96 valence electrons. The average Bonchev–Trinajstić information content (AvgIpc) is 2.35. The molecule has 0 spiro atoms. The predicted molar refractivity (Wildman–Crippen MR) is 66.3 cm³/mol. The monoisotopic (exact) mass is 258 g/mol. The van der Waals surface area contributed by atoms with Crippen LogP contribution in [0.1, 0.15) is 12.0 Å². The predicted octanol–water partition coefficient (Wildman–Crippen LogP) is 2.64. The van der Waals surface area contributed by atoms with Gasteiger partial charge in [0.15, 0.2) is 0 Å². The summed E-state index contributed by atoms with van der Waals surface area (Å²) in [4.78, 5) is 0. The molecule has 3 nitrogen and oxygen atoms in total. The topological polar surface area (TPSA) is 27.7 Å². The first-order chi connectivity index (χ1) is 8.15. The highest BCUT2D eigenvalue weighted by Gasteiger charge is 2.36. The number of hydrogen-bond acceptors (Lipinski definition) is 3. The zero-order valence-electron chi connectivity index (χ0n) is 10.5. The molecule has 0 heterocycles. The summed E-state index contributed by atoms with van der Waals surface area (Å²) in [5, 5.41) is 0. The maximum Gasteiger partial charge on any atom is 0.500 e. The van der Waals surface area contributed by atoms with Crippen LogP contribution in [0.3, 0.4) is 0 Å². The van der Waals surface area contributed by atoms with Gasteiger partial charge in [-0.15, -0.1) is 0 Å². The minimum Gasteiger partial charge on any atom is -0.377 e. The Morgan fingerprint density at radius 2 is 1.76 bits per heavy atom. The number of hydrogen-bond donors (Lipinski definition) is 0. The molecule has 0 aromatic heterocycles. The van der Waals surface area contributed by atoms with Crippen molar-refractivity contribution in [2.45, 2.75) is 18.9 Å². The second-order valence-electron chi connectivity index (χ2n) is 3.78. The first kappa shape index (κ1) is 14.3. The maximum absolute atomic E-state index is 13.0.